The standard InChI is InChI=1S/C14H17N3/c1-10-6-5-9-17-12(10)13(15)16-14(17)11-7-3-2-4-8-11/h2-4,7-8,10H,5-6,9,15H2,1H3. The van der Waals surface area contributed by atoms with Crippen molar-refractivity contribution in [2.45, 2.75) is 32.2 Å². The fourth-order valence-electron chi connectivity index (χ4n) is 2.73. The van der Waals surface area contributed by atoms with Gasteiger partial charge in [-0.25, -0.2) is 4.98 Å². The topological polar surface area (TPSA) is 43.8 Å². The lowest BCUT2D eigenvalue weighted by Gasteiger charge is -2.22. The van der Waals surface area contributed by atoms with Crippen LogP contribution in [0.25, 0.3) is 11.4 Å². The van der Waals surface area contributed by atoms with Crippen molar-refractivity contribution in [3.05, 3.63) is 36.0 Å². The van der Waals surface area contributed by atoms with Gasteiger partial charge in [0.25, 0.3) is 0 Å². The SMILES string of the molecule is CC1CCCn2c(-c3ccccc3)nc(N)c21. The van der Waals surface area contributed by atoms with Crippen LogP contribution in [0.3, 0.4) is 0 Å². The second kappa shape index (κ2) is 3.91. The summed E-state index contributed by atoms with van der Waals surface area (Å²) in [7, 11) is 0. The molecule has 3 nitrogen and oxygen atoms in total. The first-order valence-electron chi connectivity index (χ1n) is 6.18. The van der Waals surface area contributed by atoms with E-state index in [2.05, 4.69) is 28.6 Å². The first kappa shape index (κ1) is 10.4. The number of benzene rings is 1. The Hall–Kier alpha value is -1.77. The molecule has 2 N–H and O–H groups in total. The van der Waals surface area contributed by atoms with E-state index in [1.165, 1.54) is 18.5 Å². The van der Waals surface area contributed by atoms with Crippen LogP contribution in [0, 0.1) is 0 Å². The predicted octanol–water partition coefficient (Wildman–Crippen LogP) is 3.03. The molecule has 1 aliphatic heterocycles. The Labute approximate surface area is 101 Å². The largest absolute Gasteiger partial charge is 0.382 e. The minimum absolute atomic E-state index is 0.522. The third-order valence-corrected chi connectivity index (χ3v) is 3.55. The van der Waals surface area contributed by atoms with Crippen molar-refractivity contribution in [1.29, 1.82) is 0 Å². The molecule has 0 saturated heterocycles. The minimum Gasteiger partial charge on any atom is -0.382 e. The maximum Gasteiger partial charge on any atom is 0.145 e. The van der Waals surface area contributed by atoms with Crippen LogP contribution in [0.4, 0.5) is 5.82 Å². The van der Waals surface area contributed by atoms with E-state index >= 15 is 0 Å². The number of nitrogens with zero attached hydrogens (tertiary/aromatic N) is 2. The van der Waals surface area contributed by atoms with Crippen molar-refractivity contribution < 1.29 is 0 Å². The zero-order chi connectivity index (χ0) is 11.8. The Morgan fingerprint density at radius 1 is 1.29 bits per heavy atom. The molecule has 2 aromatic rings. The molecule has 0 bridgehead atoms. The molecule has 0 fully saturated rings. The number of anilines is 1. The highest BCUT2D eigenvalue weighted by atomic mass is 15.1. The molecule has 3 rings (SSSR count). The zero-order valence-corrected chi connectivity index (χ0v) is 10.1. The summed E-state index contributed by atoms with van der Waals surface area (Å²) in [6.45, 7) is 3.27. The molecular formula is C14H17N3. The number of hydrogen-bond acceptors (Lipinski definition) is 2. The molecule has 0 spiro atoms. The fourth-order valence-corrected chi connectivity index (χ4v) is 2.73. The molecule has 3 heteroatoms. The van der Waals surface area contributed by atoms with Gasteiger partial charge in [-0.2, -0.15) is 0 Å². The molecule has 1 atom stereocenters. The maximum absolute atomic E-state index is 6.06. The van der Waals surface area contributed by atoms with Crippen LogP contribution >= 0.6 is 0 Å². The summed E-state index contributed by atoms with van der Waals surface area (Å²) in [5.41, 5.74) is 8.43. The average Bonchev–Trinajstić information content (AvgIpc) is 2.69. The summed E-state index contributed by atoms with van der Waals surface area (Å²) in [6.07, 6.45) is 2.42. The lowest BCUT2D eigenvalue weighted by molar-refractivity contribution is 0.479. The number of aromatic nitrogens is 2. The molecule has 0 saturated carbocycles. The number of nitrogens with two attached hydrogens (primary N) is 1. The lowest BCUT2D eigenvalue weighted by Crippen LogP contribution is -2.15. The molecule has 1 aromatic heterocycles. The second-order valence-electron chi connectivity index (χ2n) is 4.77. The van der Waals surface area contributed by atoms with Crippen LogP contribution in [0.1, 0.15) is 31.4 Å². The quantitative estimate of drug-likeness (QED) is 0.813. The summed E-state index contributed by atoms with van der Waals surface area (Å²) in [4.78, 5) is 4.55. The van der Waals surface area contributed by atoms with Gasteiger partial charge in [-0.15, -0.1) is 0 Å². The Kier molecular flexibility index (Phi) is 2.39. The third-order valence-electron chi connectivity index (χ3n) is 3.55. The monoisotopic (exact) mass is 227 g/mol. The van der Waals surface area contributed by atoms with Crippen molar-refractivity contribution in [3.63, 3.8) is 0 Å². The molecular weight excluding hydrogens is 210 g/mol. The number of imidazole rings is 1. The van der Waals surface area contributed by atoms with Gasteiger partial charge in [-0.05, 0) is 12.8 Å². The van der Waals surface area contributed by atoms with Crippen molar-refractivity contribution in [1.82, 2.24) is 9.55 Å². The van der Waals surface area contributed by atoms with Crippen LogP contribution in [0.15, 0.2) is 30.3 Å². The minimum atomic E-state index is 0.522. The van der Waals surface area contributed by atoms with Crippen LogP contribution in [0.5, 0.6) is 0 Å². The molecule has 1 unspecified atom stereocenters. The van der Waals surface area contributed by atoms with E-state index in [0.29, 0.717) is 11.7 Å². The van der Waals surface area contributed by atoms with E-state index in [9.17, 15) is 0 Å². The summed E-state index contributed by atoms with van der Waals surface area (Å²) < 4.78 is 2.29. The molecule has 0 amide bonds. The number of nitrogen functional groups attached to an aromatic ring is 1. The Morgan fingerprint density at radius 2 is 2.06 bits per heavy atom. The summed E-state index contributed by atoms with van der Waals surface area (Å²) in [6, 6.07) is 10.3. The fraction of sp³-hybridized carbons (Fsp3) is 0.357. The summed E-state index contributed by atoms with van der Waals surface area (Å²) >= 11 is 0. The zero-order valence-electron chi connectivity index (χ0n) is 10.1. The molecule has 1 aromatic carbocycles. The highest BCUT2D eigenvalue weighted by Crippen LogP contribution is 2.35. The van der Waals surface area contributed by atoms with Crippen LogP contribution < -0.4 is 5.73 Å². The molecule has 0 aliphatic carbocycles. The molecule has 0 radical (unpaired) electrons. The van der Waals surface area contributed by atoms with Crippen molar-refractivity contribution in [2.75, 3.05) is 5.73 Å². The van der Waals surface area contributed by atoms with Crippen LogP contribution in [0.2, 0.25) is 0 Å². The molecule has 17 heavy (non-hydrogen) atoms. The van der Waals surface area contributed by atoms with Gasteiger partial charge < -0.3 is 10.3 Å². The van der Waals surface area contributed by atoms with Gasteiger partial charge in [0.15, 0.2) is 0 Å². The third kappa shape index (κ3) is 1.62. The van der Waals surface area contributed by atoms with Crippen molar-refractivity contribution >= 4 is 5.82 Å². The molecule has 88 valence electrons. The first-order chi connectivity index (χ1) is 8.27. The van der Waals surface area contributed by atoms with Crippen LogP contribution in [-0.4, -0.2) is 9.55 Å². The van der Waals surface area contributed by atoms with Crippen molar-refractivity contribution in [3.8, 4) is 11.4 Å². The Balaban J connectivity index is 2.17. The highest BCUT2D eigenvalue weighted by Gasteiger charge is 2.24. The molecule has 2 heterocycles. The average molecular weight is 227 g/mol. The maximum atomic E-state index is 6.06. The van der Waals surface area contributed by atoms with Gasteiger partial charge in [-0.1, -0.05) is 37.3 Å². The van der Waals surface area contributed by atoms with E-state index in [-0.39, 0.29) is 0 Å². The van der Waals surface area contributed by atoms with E-state index in [4.69, 9.17) is 5.73 Å². The lowest BCUT2D eigenvalue weighted by atomic mass is 9.98. The number of fused-ring (bicyclic) bond motifs is 1. The van der Waals surface area contributed by atoms with E-state index < -0.39 is 0 Å². The smallest absolute Gasteiger partial charge is 0.145 e. The summed E-state index contributed by atoms with van der Waals surface area (Å²) in [5.74, 6) is 2.24. The first-order valence-corrected chi connectivity index (χ1v) is 6.18. The van der Waals surface area contributed by atoms with Gasteiger partial charge in [0.2, 0.25) is 0 Å². The predicted molar refractivity (Wildman–Crippen MR) is 69.7 cm³/mol. The van der Waals surface area contributed by atoms with E-state index in [0.717, 1.165) is 17.9 Å². The Morgan fingerprint density at radius 3 is 2.82 bits per heavy atom. The Bertz CT molecular complexity index is 528. The van der Waals surface area contributed by atoms with E-state index in [1.54, 1.807) is 0 Å². The van der Waals surface area contributed by atoms with Gasteiger partial charge in [-0.3, -0.25) is 0 Å². The number of hydrogen-bond donors (Lipinski definition) is 1. The van der Waals surface area contributed by atoms with E-state index in [1.807, 2.05) is 18.2 Å². The second-order valence-corrected chi connectivity index (χ2v) is 4.77. The normalized spacial score (nSPS) is 19.0. The van der Waals surface area contributed by atoms with Gasteiger partial charge >= 0.3 is 0 Å². The van der Waals surface area contributed by atoms with Crippen molar-refractivity contribution in [2.24, 2.45) is 0 Å². The van der Waals surface area contributed by atoms with Gasteiger partial charge in [0.1, 0.15) is 11.6 Å². The number of rotatable bonds is 1. The summed E-state index contributed by atoms with van der Waals surface area (Å²) in [5, 5.41) is 0. The molecule has 1 aliphatic rings. The van der Waals surface area contributed by atoms with Gasteiger partial charge in [0, 0.05) is 18.0 Å². The van der Waals surface area contributed by atoms with Gasteiger partial charge in [0.05, 0.1) is 5.69 Å². The van der Waals surface area contributed by atoms with Crippen LogP contribution in [-0.2, 0) is 6.54 Å². The highest BCUT2D eigenvalue weighted by molar-refractivity contribution is 5.60.